The van der Waals surface area contributed by atoms with E-state index in [1.165, 1.54) is 0 Å². The molecule has 0 aliphatic rings. The number of nitrogens with one attached hydrogen (secondary N) is 1. The zero-order chi connectivity index (χ0) is 13.9. The fraction of sp³-hybridized carbons (Fsp3) is 0.769. The summed E-state index contributed by atoms with van der Waals surface area (Å²) in [5.74, 6) is 0. The minimum absolute atomic E-state index is 0.128. The van der Waals surface area contributed by atoms with Crippen molar-refractivity contribution in [2.75, 3.05) is 6.61 Å². The third-order valence-electron chi connectivity index (χ3n) is 3.24. The average molecular weight is 318 g/mol. The molecular weight excluding hydrogens is 294 g/mol. The van der Waals surface area contributed by atoms with Gasteiger partial charge >= 0.3 is 0 Å². The van der Waals surface area contributed by atoms with Crippen molar-refractivity contribution in [1.82, 2.24) is 15.1 Å². The van der Waals surface area contributed by atoms with Gasteiger partial charge in [0, 0.05) is 26.2 Å². The molecule has 2 N–H and O–H groups in total. The van der Waals surface area contributed by atoms with Gasteiger partial charge in [-0.2, -0.15) is 5.10 Å². The summed E-state index contributed by atoms with van der Waals surface area (Å²) < 4.78 is 2.96. The molecule has 0 aromatic carbocycles. The van der Waals surface area contributed by atoms with Gasteiger partial charge in [-0.05, 0) is 34.7 Å². The van der Waals surface area contributed by atoms with Gasteiger partial charge in [-0.3, -0.25) is 4.68 Å². The average Bonchev–Trinajstić information content (AvgIpc) is 2.48. The first-order chi connectivity index (χ1) is 8.27. The number of aliphatic hydroxyl groups excluding tert-OH is 1. The molecule has 1 atom stereocenters. The molecule has 0 amide bonds. The summed E-state index contributed by atoms with van der Waals surface area (Å²) in [6.45, 7) is 9.50. The molecule has 0 fully saturated rings. The van der Waals surface area contributed by atoms with Gasteiger partial charge in [0.15, 0.2) is 0 Å². The van der Waals surface area contributed by atoms with Crippen molar-refractivity contribution in [3.63, 3.8) is 0 Å². The van der Waals surface area contributed by atoms with Crippen molar-refractivity contribution < 1.29 is 5.11 Å². The number of rotatable bonds is 5. The molecule has 0 saturated carbocycles. The van der Waals surface area contributed by atoms with Gasteiger partial charge in [-0.1, -0.05) is 20.8 Å². The lowest BCUT2D eigenvalue weighted by molar-refractivity contribution is 0.195. The lowest BCUT2D eigenvalue weighted by atomic mass is 9.85. The first kappa shape index (κ1) is 15.7. The van der Waals surface area contributed by atoms with Crippen LogP contribution < -0.4 is 5.32 Å². The van der Waals surface area contributed by atoms with Crippen LogP contribution in [0.25, 0.3) is 0 Å². The van der Waals surface area contributed by atoms with Gasteiger partial charge in [-0.15, -0.1) is 0 Å². The van der Waals surface area contributed by atoms with Crippen molar-refractivity contribution in [1.29, 1.82) is 0 Å². The third kappa shape index (κ3) is 3.80. The molecule has 1 aromatic rings. The Kier molecular flexibility index (Phi) is 5.37. The van der Waals surface area contributed by atoms with Gasteiger partial charge in [0.25, 0.3) is 0 Å². The van der Waals surface area contributed by atoms with Crippen LogP contribution in [0.4, 0.5) is 0 Å². The molecule has 0 radical (unpaired) electrons. The van der Waals surface area contributed by atoms with E-state index in [0.717, 1.165) is 28.8 Å². The number of nitrogens with zero attached hydrogens (tertiary/aromatic N) is 2. The Hall–Kier alpha value is -0.390. The lowest BCUT2D eigenvalue weighted by Gasteiger charge is -2.31. The van der Waals surface area contributed by atoms with Crippen molar-refractivity contribution in [2.24, 2.45) is 12.5 Å². The number of aryl methyl sites for hydroxylation is 2. The zero-order valence-corrected chi connectivity index (χ0v) is 13.5. The standard InChI is InChI=1S/C13H24BrN3O/c1-9-12(14)10(17(5)16-9)8-15-11(6-7-18)13(2,3)4/h11,15,18H,6-8H2,1-5H3. The second-order valence-corrected chi connectivity index (χ2v) is 6.57. The lowest BCUT2D eigenvalue weighted by Crippen LogP contribution is -2.41. The van der Waals surface area contributed by atoms with Crippen molar-refractivity contribution in [2.45, 2.75) is 46.7 Å². The van der Waals surface area contributed by atoms with Gasteiger partial charge in [-0.25, -0.2) is 0 Å². The molecule has 1 unspecified atom stereocenters. The van der Waals surface area contributed by atoms with Crippen LogP contribution in [-0.4, -0.2) is 27.5 Å². The van der Waals surface area contributed by atoms with E-state index in [9.17, 15) is 0 Å². The van der Waals surface area contributed by atoms with Crippen LogP contribution in [0.15, 0.2) is 4.47 Å². The molecule has 1 heterocycles. The molecule has 0 spiro atoms. The van der Waals surface area contributed by atoms with Crippen LogP contribution in [0.2, 0.25) is 0 Å². The van der Waals surface area contributed by atoms with E-state index >= 15 is 0 Å². The highest BCUT2D eigenvalue weighted by atomic mass is 79.9. The Labute approximate surface area is 118 Å². The van der Waals surface area contributed by atoms with E-state index in [-0.39, 0.29) is 18.1 Å². The predicted molar refractivity (Wildman–Crippen MR) is 77.4 cm³/mol. The van der Waals surface area contributed by atoms with Gasteiger partial charge in [0.2, 0.25) is 0 Å². The number of hydrogen-bond donors (Lipinski definition) is 2. The summed E-state index contributed by atoms with van der Waals surface area (Å²) >= 11 is 3.57. The van der Waals surface area contributed by atoms with Crippen molar-refractivity contribution in [3.05, 3.63) is 15.9 Å². The van der Waals surface area contributed by atoms with E-state index in [0.29, 0.717) is 0 Å². The van der Waals surface area contributed by atoms with Gasteiger partial charge in [0.05, 0.1) is 15.9 Å². The highest BCUT2D eigenvalue weighted by Crippen LogP contribution is 2.24. The van der Waals surface area contributed by atoms with Crippen LogP contribution in [-0.2, 0) is 13.6 Å². The topological polar surface area (TPSA) is 50.1 Å². The molecular formula is C13H24BrN3O. The maximum Gasteiger partial charge on any atom is 0.0739 e. The van der Waals surface area contributed by atoms with Crippen LogP contribution in [0, 0.1) is 12.3 Å². The molecule has 4 nitrogen and oxygen atoms in total. The first-order valence-corrected chi connectivity index (χ1v) is 7.09. The zero-order valence-electron chi connectivity index (χ0n) is 11.9. The molecule has 5 heteroatoms. The minimum Gasteiger partial charge on any atom is -0.396 e. The predicted octanol–water partition coefficient (Wildman–Crippen LogP) is 2.38. The molecule has 0 saturated heterocycles. The van der Waals surface area contributed by atoms with Gasteiger partial charge in [0.1, 0.15) is 0 Å². The third-order valence-corrected chi connectivity index (χ3v) is 4.27. The summed E-state index contributed by atoms with van der Waals surface area (Å²) in [6.07, 6.45) is 0.762. The Balaban J connectivity index is 2.73. The Bertz CT molecular complexity index is 396. The number of aromatic nitrogens is 2. The number of aliphatic hydroxyl groups is 1. The summed E-state index contributed by atoms with van der Waals surface area (Å²) in [6, 6.07) is 0.282. The first-order valence-electron chi connectivity index (χ1n) is 6.29. The Morgan fingerprint density at radius 1 is 1.44 bits per heavy atom. The van der Waals surface area contributed by atoms with Crippen LogP contribution in [0.1, 0.15) is 38.6 Å². The van der Waals surface area contributed by atoms with E-state index in [1.54, 1.807) is 0 Å². The molecule has 1 rings (SSSR count). The van der Waals surface area contributed by atoms with Crippen molar-refractivity contribution >= 4 is 15.9 Å². The molecule has 18 heavy (non-hydrogen) atoms. The fourth-order valence-electron chi connectivity index (χ4n) is 2.06. The van der Waals surface area contributed by atoms with E-state index in [2.05, 4.69) is 47.1 Å². The summed E-state index contributed by atoms with van der Waals surface area (Å²) in [5, 5.41) is 17.0. The van der Waals surface area contributed by atoms with E-state index < -0.39 is 0 Å². The highest BCUT2D eigenvalue weighted by Gasteiger charge is 2.24. The number of halogens is 1. The maximum atomic E-state index is 9.14. The number of hydrogen-bond acceptors (Lipinski definition) is 3. The maximum absolute atomic E-state index is 9.14. The Morgan fingerprint density at radius 3 is 2.44 bits per heavy atom. The molecule has 104 valence electrons. The smallest absolute Gasteiger partial charge is 0.0739 e. The van der Waals surface area contributed by atoms with Crippen molar-refractivity contribution in [3.8, 4) is 0 Å². The SMILES string of the molecule is Cc1nn(C)c(CNC(CCO)C(C)(C)C)c1Br. The summed E-state index contributed by atoms with van der Waals surface area (Å²) in [4.78, 5) is 0. The van der Waals surface area contributed by atoms with E-state index in [1.807, 2.05) is 18.7 Å². The van der Waals surface area contributed by atoms with E-state index in [4.69, 9.17) is 5.11 Å². The fourth-order valence-corrected chi connectivity index (χ4v) is 2.54. The second kappa shape index (κ2) is 6.17. The highest BCUT2D eigenvalue weighted by molar-refractivity contribution is 9.10. The normalized spacial score (nSPS) is 13.9. The quantitative estimate of drug-likeness (QED) is 0.876. The minimum atomic E-state index is 0.128. The van der Waals surface area contributed by atoms with Crippen LogP contribution >= 0.6 is 15.9 Å². The molecule has 0 bridgehead atoms. The van der Waals surface area contributed by atoms with Gasteiger partial charge < -0.3 is 10.4 Å². The molecule has 1 aromatic heterocycles. The largest absolute Gasteiger partial charge is 0.396 e. The molecule has 0 aliphatic carbocycles. The second-order valence-electron chi connectivity index (χ2n) is 5.78. The van der Waals surface area contributed by atoms with Crippen LogP contribution in [0.5, 0.6) is 0 Å². The Morgan fingerprint density at radius 2 is 2.06 bits per heavy atom. The molecule has 0 aliphatic heterocycles. The summed E-state index contributed by atoms with van der Waals surface area (Å²) in [7, 11) is 1.95. The van der Waals surface area contributed by atoms with Crippen LogP contribution in [0.3, 0.4) is 0 Å². The monoisotopic (exact) mass is 317 g/mol. The summed E-state index contributed by atoms with van der Waals surface area (Å²) in [5.41, 5.74) is 2.27.